The molecule has 1 fully saturated rings. The Bertz CT molecular complexity index is 348. The fourth-order valence-corrected chi connectivity index (χ4v) is 3.88. The first-order valence-corrected chi connectivity index (χ1v) is 8.40. The third kappa shape index (κ3) is 5.74. The summed E-state index contributed by atoms with van der Waals surface area (Å²) in [5.41, 5.74) is 0. The Balaban J connectivity index is 2.52. The summed E-state index contributed by atoms with van der Waals surface area (Å²) < 4.78 is 33.6. The summed E-state index contributed by atoms with van der Waals surface area (Å²) in [4.78, 5) is 0. The van der Waals surface area contributed by atoms with E-state index in [2.05, 4.69) is 17.0 Å². The Morgan fingerprint density at radius 3 is 2.84 bits per heavy atom. The lowest BCUT2D eigenvalue weighted by atomic mass is 10.00. The van der Waals surface area contributed by atoms with Gasteiger partial charge in [0.2, 0.25) is 0 Å². The maximum atomic E-state index is 12.2. The molecular weight excluding hydrogens is 266 g/mol. The van der Waals surface area contributed by atoms with Gasteiger partial charge in [-0.1, -0.05) is 6.92 Å². The topological polar surface area (TPSA) is 70.7 Å². The molecule has 0 bridgehead atoms. The Hall–Kier alpha value is -0.210. The zero-order valence-corrected chi connectivity index (χ0v) is 13.0. The van der Waals surface area contributed by atoms with Crippen LogP contribution in [0.1, 0.15) is 26.7 Å². The van der Waals surface area contributed by atoms with E-state index < -0.39 is 10.2 Å². The minimum absolute atomic E-state index is 0.204. The highest BCUT2D eigenvalue weighted by Crippen LogP contribution is 2.18. The molecule has 0 amide bonds. The number of hydrogen-bond donors (Lipinski definition) is 2. The number of nitrogens with zero attached hydrogens (tertiary/aromatic N) is 1. The molecule has 6 nitrogen and oxygen atoms in total. The minimum Gasteiger partial charge on any atom is -0.383 e. The van der Waals surface area contributed by atoms with Crippen molar-refractivity contribution < 1.29 is 13.2 Å². The molecule has 0 aromatic rings. The van der Waals surface area contributed by atoms with Crippen molar-refractivity contribution >= 4 is 10.2 Å². The summed E-state index contributed by atoms with van der Waals surface area (Å²) in [6.45, 7) is 7.27. The molecule has 114 valence electrons. The van der Waals surface area contributed by atoms with Crippen molar-refractivity contribution in [2.45, 2.75) is 32.7 Å². The van der Waals surface area contributed by atoms with E-state index in [0.717, 1.165) is 25.9 Å². The summed E-state index contributed by atoms with van der Waals surface area (Å²) in [5, 5.41) is 3.29. The van der Waals surface area contributed by atoms with Crippen molar-refractivity contribution in [3.63, 3.8) is 0 Å². The van der Waals surface area contributed by atoms with Crippen molar-refractivity contribution in [2.24, 2.45) is 5.92 Å². The van der Waals surface area contributed by atoms with E-state index >= 15 is 0 Å². The zero-order valence-electron chi connectivity index (χ0n) is 12.2. The quantitative estimate of drug-likeness (QED) is 0.670. The third-order valence-electron chi connectivity index (χ3n) is 3.27. The maximum absolute atomic E-state index is 12.2. The number of nitrogens with one attached hydrogen (secondary N) is 2. The van der Waals surface area contributed by atoms with Crippen LogP contribution in [0.5, 0.6) is 0 Å². The van der Waals surface area contributed by atoms with E-state index in [-0.39, 0.29) is 6.04 Å². The Morgan fingerprint density at radius 2 is 2.21 bits per heavy atom. The van der Waals surface area contributed by atoms with Gasteiger partial charge in [0.15, 0.2) is 0 Å². The average Bonchev–Trinajstić information content (AvgIpc) is 2.36. The largest absolute Gasteiger partial charge is 0.383 e. The normalized spacial score (nSPS) is 23.4. The molecule has 1 aliphatic heterocycles. The highest BCUT2D eigenvalue weighted by molar-refractivity contribution is 7.87. The molecule has 0 aliphatic carbocycles. The minimum atomic E-state index is -3.39. The van der Waals surface area contributed by atoms with E-state index in [1.54, 1.807) is 18.3 Å². The van der Waals surface area contributed by atoms with Crippen LogP contribution in [0.2, 0.25) is 0 Å². The molecule has 7 heteroatoms. The molecule has 1 aliphatic rings. The van der Waals surface area contributed by atoms with Gasteiger partial charge in [-0.25, -0.2) is 0 Å². The summed E-state index contributed by atoms with van der Waals surface area (Å²) in [6, 6.07) is -0.204. The van der Waals surface area contributed by atoms with Crippen molar-refractivity contribution in [1.29, 1.82) is 0 Å². The maximum Gasteiger partial charge on any atom is 0.279 e. The van der Waals surface area contributed by atoms with Crippen LogP contribution >= 0.6 is 0 Å². The monoisotopic (exact) mass is 293 g/mol. The molecule has 0 aromatic carbocycles. The van der Waals surface area contributed by atoms with Crippen molar-refractivity contribution in [2.75, 3.05) is 39.9 Å². The van der Waals surface area contributed by atoms with Gasteiger partial charge in [-0.2, -0.15) is 17.4 Å². The van der Waals surface area contributed by atoms with Crippen LogP contribution in [0.4, 0.5) is 0 Å². The van der Waals surface area contributed by atoms with Crippen LogP contribution in [-0.4, -0.2) is 58.7 Å². The van der Waals surface area contributed by atoms with Gasteiger partial charge in [0, 0.05) is 26.2 Å². The molecule has 2 unspecified atom stereocenters. The van der Waals surface area contributed by atoms with E-state index in [1.807, 2.05) is 0 Å². The number of ether oxygens (including phenoxy) is 1. The van der Waals surface area contributed by atoms with Crippen LogP contribution < -0.4 is 10.0 Å². The van der Waals surface area contributed by atoms with E-state index in [0.29, 0.717) is 25.6 Å². The lowest BCUT2D eigenvalue weighted by Gasteiger charge is -2.32. The molecule has 2 N–H and O–H groups in total. The molecular formula is C12H27N3O3S. The van der Waals surface area contributed by atoms with Crippen LogP contribution in [0, 0.1) is 5.92 Å². The first-order valence-electron chi connectivity index (χ1n) is 6.96. The van der Waals surface area contributed by atoms with Gasteiger partial charge in [-0.15, -0.1) is 0 Å². The number of methoxy groups -OCH3 is 1. The van der Waals surface area contributed by atoms with Crippen molar-refractivity contribution in [1.82, 2.24) is 14.3 Å². The fraction of sp³-hybridized carbons (Fsp3) is 1.00. The SMILES string of the molecule is CCNCC1CCCN(S(=O)(=O)NC(C)COC)C1. The Labute approximate surface area is 117 Å². The molecule has 1 saturated heterocycles. The van der Waals surface area contributed by atoms with Gasteiger partial charge in [0.25, 0.3) is 10.2 Å². The zero-order chi connectivity index (χ0) is 14.3. The van der Waals surface area contributed by atoms with Crippen molar-refractivity contribution in [3.05, 3.63) is 0 Å². The predicted molar refractivity (Wildman–Crippen MR) is 76.2 cm³/mol. The average molecular weight is 293 g/mol. The van der Waals surface area contributed by atoms with Crippen LogP contribution in [0.3, 0.4) is 0 Å². The van der Waals surface area contributed by atoms with Crippen LogP contribution in [0.25, 0.3) is 0 Å². The number of hydrogen-bond acceptors (Lipinski definition) is 4. The summed E-state index contributed by atoms with van der Waals surface area (Å²) in [6.07, 6.45) is 2.02. The summed E-state index contributed by atoms with van der Waals surface area (Å²) in [5.74, 6) is 0.406. The first-order chi connectivity index (χ1) is 8.99. The molecule has 0 spiro atoms. The first kappa shape index (κ1) is 16.8. The second-order valence-corrected chi connectivity index (χ2v) is 6.86. The smallest absolute Gasteiger partial charge is 0.279 e. The van der Waals surface area contributed by atoms with E-state index in [1.165, 1.54) is 0 Å². The summed E-state index contributed by atoms with van der Waals surface area (Å²) >= 11 is 0. The van der Waals surface area contributed by atoms with Gasteiger partial charge in [0.1, 0.15) is 0 Å². The van der Waals surface area contributed by atoms with Gasteiger partial charge >= 0.3 is 0 Å². The highest BCUT2D eigenvalue weighted by atomic mass is 32.2. The molecule has 19 heavy (non-hydrogen) atoms. The molecule has 2 atom stereocenters. The van der Waals surface area contributed by atoms with Gasteiger partial charge < -0.3 is 10.1 Å². The van der Waals surface area contributed by atoms with Crippen LogP contribution in [-0.2, 0) is 14.9 Å². The lowest BCUT2D eigenvalue weighted by molar-refractivity contribution is 0.178. The second kappa shape index (κ2) is 8.16. The number of piperidine rings is 1. The van der Waals surface area contributed by atoms with E-state index in [4.69, 9.17) is 4.74 Å². The predicted octanol–water partition coefficient (Wildman–Crippen LogP) is 0.177. The van der Waals surface area contributed by atoms with Crippen molar-refractivity contribution in [3.8, 4) is 0 Å². The standard InChI is InChI=1S/C12H27N3O3S/c1-4-13-8-12-6-5-7-15(9-12)19(16,17)14-11(2)10-18-3/h11-14H,4-10H2,1-3H3. The number of rotatable bonds is 8. The molecule has 0 saturated carbocycles. The third-order valence-corrected chi connectivity index (χ3v) is 4.98. The second-order valence-electron chi connectivity index (χ2n) is 5.15. The Kier molecular flexibility index (Phi) is 7.23. The molecule has 0 aromatic heterocycles. The molecule has 0 radical (unpaired) electrons. The lowest BCUT2D eigenvalue weighted by Crippen LogP contribution is -2.50. The van der Waals surface area contributed by atoms with Gasteiger partial charge in [0.05, 0.1) is 6.61 Å². The van der Waals surface area contributed by atoms with Gasteiger partial charge in [-0.05, 0) is 38.8 Å². The molecule has 1 heterocycles. The Morgan fingerprint density at radius 1 is 1.47 bits per heavy atom. The van der Waals surface area contributed by atoms with Crippen LogP contribution in [0.15, 0.2) is 0 Å². The van der Waals surface area contributed by atoms with Gasteiger partial charge in [-0.3, -0.25) is 0 Å². The fourth-order valence-electron chi connectivity index (χ4n) is 2.37. The van der Waals surface area contributed by atoms with E-state index in [9.17, 15) is 8.42 Å². The molecule has 1 rings (SSSR count). The summed E-state index contributed by atoms with van der Waals surface area (Å²) in [7, 11) is -1.82. The highest BCUT2D eigenvalue weighted by Gasteiger charge is 2.29.